The minimum atomic E-state index is -3.59. The first-order chi connectivity index (χ1) is 12.1. The van der Waals surface area contributed by atoms with Crippen molar-refractivity contribution < 1.29 is 8.42 Å². The average Bonchev–Trinajstić information content (AvgIpc) is 2.57. The van der Waals surface area contributed by atoms with Gasteiger partial charge in [0.15, 0.2) is 0 Å². The Balaban J connectivity index is 2.52. The molecule has 2 rings (SSSR count). The van der Waals surface area contributed by atoms with Crippen molar-refractivity contribution in [2.45, 2.75) is 39.1 Å². The quantitative estimate of drug-likeness (QED) is 0.742. The van der Waals surface area contributed by atoms with E-state index < -0.39 is 10.0 Å². The molecule has 0 aliphatic heterocycles. The van der Waals surface area contributed by atoms with Gasteiger partial charge in [0.1, 0.15) is 0 Å². The third kappa shape index (κ3) is 4.53. The lowest BCUT2D eigenvalue weighted by molar-refractivity contribution is 0.329. The van der Waals surface area contributed by atoms with Crippen LogP contribution in [0.15, 0.2) is 41.3 Å². The summed E-state index contributed by atoms with van der Waals surface area (Å²) < 4.78 is 28.8. The van der Waals surface area contributed by atoms with Gasteiger partial charge in [-0.05, 0) is 69.6 Å². The summed E-state index contributed by atoms with van der Waals surface area (Å²) in [6, 6.07) is 11.8. The van der Waals surface area contributed by atoms with E-state index in [1.165, 1.54) is 0 Å². The molecule has 0 saturated heterocycles. The third-order valence-corrected chi connectivity index (χ3v) is 7.01. The minimum Gasteiger partial charge on any atom is -0.308 e. The highest BCUT2D eigenvalue weighted by Crippen LogP contribution is 2.29. The Bertz CT molecular complexity index is 833. The van der Waals surface area contributed by atoms with E-state index in [1.807, 2.05) is 77.0 Å². The van der Waals surface area contributed by atoms with Gasteiger partial charge < -0.3 is 4.90 Å². The van der Waals surface area contributed by atoms with E-state index in [0.717, 1.165) is 27.8 Å². The Morgan fingerprint density at radius 2 is 1.38 bits per heavy atom. The molecular formula is C21H30N2O2S. The van der Waals surface area contributed by atoms with E-state index in [-0.39, 0.29) is 0 Å². The molecule has 0 unspecified atom stereocenters. The molecule has 0 aliphatic rings. The van der Waals surface area contributed by atoms with E-state index in [9.17, 15) is 8.42 Å². The summed E-state index contributed by atoms with van der Waals surface area (Å²) in [5.74, 6) is 0. The number of likely N-dealkylation sites (N-methyl/N-ethyl adjacent to an activating group) is 1. The second-order valence-electron chi connectivity index (χ2n) is 7.22. The fourth-order valence-corrected chi connectivity index (χ4v) is 5.07. The molecule has 0 N–H and O–H groups in total. The molecule has 0 atom stereocenters. The summed E-state index contributed by atoms with van der Waals surface area (Å²) in [4.78, 5) is 2.47. The van der Waals surface area contributed by atoms with E-state index in [2.05, 4.69) is 6.07 Å². The predicted molar refractivity (Wildman–Crippen MR) is 108 cm³/mol. The number of hydrogen-bond donors (Lipinski definition) is 0. The molecule has 0 aromatic heterocycles. The molecule has 2 aromatic rings. The van der Waals surface area contributed by atoms with Crippen LogP contribution in [0.4, 0.5) is 0 Å². The first kappa shape index (κ1) is 20.6. The maximum absolute atomic E-state index is 13.6. The summed E-state index contributed by atoms with van der Waals surface area (Å²) in [6.45, 7) is 9.26. The normalized spacial score (nSPS) is 12.2. The molecule has 0 saturated carbocycles. The summed E-state index contributed by atoms with van der Waals surface area (Å²) in [6.07, 6.45) is 0. The summed E-state index contributed by atoms with van der Waals surface area (Å²) in [5.41, 5.74) is 4.71. The lowest BCUT2D eigenvalue weighted by Gasteiger charge is -2.26. The maximum Gasteiger partial charge on any atom is 0.243 e. The van der Waals surface area contributed by atoms with Gasteiger partial charge in [-0.15, -0.1) is 0 Å². The van der Waals surface area contributed by atoms with Crippen LogP contribution in [0.25, 0.3) is 0 Å². The van der Waals surface area contributed by atoms with Gasteiger partial charge in [0.25, 0.3) is 0 Å². The van der Waals surface area contributed by atoms with Crippen LogP contribution in [-0.2, 0) is 16.6 Å². The van der Waals surface area contributed by atoms with Crippen molar-refractivity contribution in [3.05, 3.63) is 64.2 Å². The van der Waals surface area contributed by atoms with Gasteiger partial charge in [-0.25, -0.2) is 8.42 Å². The highest BCUT2D eigenvalue weighted by Gasteiger charge is 2.29. The van der Waals surface area contributed by atoms with Gasteiger partial charge in [0, 0.05) is 19.6 Å². The molecule has 0 heterocycles. The number of sulfonamides is 1. The zero-order valence-electron chi connectivity index (χ0n) is 16.7. The van der Waals surface area contributed by atoms with Gasteiger partial charge >= 0.3 is 0 Å². The van der Waals surface area contributed by atoms with Crippen molar-refractivity contribution in [1.29, 1.82) is 0 Å². The van der Waals surface area contributed by atoms with Gasteiger partial charge in [-0.2, -0.15) is 4.31 Å². The fourth-order valence-electron chi connectivity index (χ4n) is 3.08. The molecule has 2 aromatic carbocycles. The number of rotatable bonds is 7. The molecule has 0 fully saturated rings. The summed E-state index contributed by atoms with van der Waals surface area (Å²) in [5, 5.41) is 0. The van der Waals surface area contributed by atoms with Crippen molar-refractivity contribution in [3.63, 3.8) is 0 Å². The van der Waals surface area contributed by atoms with Crippen LogP contribution < -0.4 is 0 Å². The summed E-state index contributed by atoms with van der Waals surface area (Å²) in [7, 11) is 0.323. The Labute approximate surface area is 158 Å². The molecular weight excluding hydrogens is 344 g/mol. The number of hydrogen-bond acceptors (Lipinski definition) is 3. The molecule has 0 bridgehead atoms. The molecule has 0 spiro atoms. The fraction of sp³-hybridized carbons (Fsp3) is 0.429. The zero-order valence-corrected chi connectivity index (χ0v) is 17.5. The molecule has 0 radical (unpaired) electrons. The first-order valence-corrected chi connectivity index (χ1v) is 10.3. The largest absolute Gasteiger partial charge is 0.308 e. The smallest absolute Gasteiger partial charge is 0.243 e. The van der Waals surface area contributed by atoms with E-state index in [1.54, 1.807) is 4.31 Å². The van der Waals surface area contributed by atoms with E-state index >= 15 is 0 Å². The van der Waals surface area contributed by atoms with Gasteiger partial charge in [-0.1, -0.05) is 36.4 Å². The highest BCUT2D eigenvalue weighted by atomic mass is 32.2. The van der Waals surface area contributed by atoms with E-state index in [4.69, 9.17) is 0 Å². The van der Waals surface area contributed by atoms with Crippen LogP contribution in [0, 0.1) is 27.7 Å². The van der Waals surface area contributed by atoms with Crippen LogP contribution in [0.3, 0.4) is 0 Å². The van der Waals surface area contributed by atoms with Gasteiger partial charge in [0.05, 0.1) is 4.90 Å². The lowest BCUT2D eigenvalue weighted by atomic mass is 10.0. The van der Waals surface area contributed by atoms with Crippen LogP contribution in [-0.4, -0.2) is 44.8 Å². The number of benzene rings is 2. The highest BCUT2D eigenvalue weighted by molar-refractivity contribution is 7.89. The number of aryl methyl sites for hydroxylation is 2. The zero-order chi connectivity index (χ0) is 19.5. The SMILES string of the molecule is Cc1cc(C)c(C)c(S(=O)(=O)N(CCN(C)C)Cc2ccccc2)c1C. The maximum atomic E-state index is 13.6. The Morgan fingerprint density at radius 3 is 1.88 bits per heavy atom. The third-order valence-electron chi connectivity index (χ3n) is 4.89. The average molecular weight is 375 g/mol. The van der Waals surface area contributed by atoms with Crippen molar-refractivity contribution in [3.8, 4) is 0 Å². The van der Waals surface area contributed by atoms with Crippen LogP contribution >= 0.6 is 0 Å². The predicted octanol–water partition coefficient (Wildman–Crippen LogP) is 3.67. The first-order valence-electron chi connectivity index (χ1n) is 8.90. The van der Waals surface area contributed by atoms with Crippen molar-refractivity contribution in [1.82, 2.24) is 9.21 Å². The van der Waals surface area contributed by atoms with Gasteiger partial charge in [-0.3, -0.25) is 0 Å². The summed E-state index contributed by atoms with van der Waals surface area (Å²) >= 11 is 0. The van der Waals surface area contributed by atoms with Crippen molar-refractivity contribution >= 4 is 10.0 Å². The second kappa shape index (κ2) is 8.33. The Hall–Kier alpha value is -1.69. The second-order valence-corrected chi connectivity index (χ2v) is 9.09. The standard InChI is InChI=1S/C21H30N2O2S/c1-16-14-17(2)19(4)21(18(16)3)26(24,25)23(13-12-22(5)6)15-20-10-8-7-9-11-20/h7-11,14H,12-13,15H2,1-6H3. The molecule has 4 nitrogen and oxygen atoms in total. The molecule has 26 heavy (non-hydrogen) atoms. The molecule has 142 valence electrons. The van der Waals surface area contributed by atoms with Crippen LogP contribution in [0.2, 0.25) is 0 Å². The van der Waals surface area contributed by atoms with Gasteiger partial charge in [0.2, 0.25) is 10.0 Å². The van der Waals surface area contributed by atoms with Crippen molar-refractivity contribution in [2.24, 2.45) is 0 Å². The lowest BCUT2D eigenvalue weighted by Crippen LogP contribution is -2.37. The molecule has 0 amide bonds. The molecule has 0 aliphatic carbocycles. The van der Waals surface area contributed by atoms with E-state index in [0.29, 0.717) is 24.5 Å². The topological polar surface area (TPSA) is 40.6 Å². The molecule has 5 heteroatoms. The van der Waals surface area contributed by atoms with Crippen LogP contribution in [0.1, 0.15) is 27.8 Å². The van der Waals surface area contributed by atoms with Crippen LogP contribution in [0.5, 0.6) is 0 Å². The Morgan fingerprint density at radius 1 is 0.846 bits per heavy atom. The number of nitrogens with zero attached hydrogens (tertiary/aromatic N) is 2. The Kier molecular flexibility index (Phi) is 6.61. The monoisotopic (exact) mass is 374 g/mol. The minimum absolute atomic E-state index is 0.378. The van der Waals surface area contributed by atoms with Crippen molar-refractivity contribution in [2.75, 3.05) is 27.2 Å².